The standard InChI is InChI=1S/C21H34FN3O2/c1-6-24(7-2)19(17-10-8-9-11-18(17)22)16-23-12-14-25(15-13-23)20(26)27-21(3,4)5/h8-11,19H,6-7,12-16H2,1-5H3. The van der Waals surface area contributed by atoms with Crippen molar-refractivity contribution in [2.75, 3.05) is 45.8 Å². The average Bonchev–Trinajstić information content (AvgIpc) is 2.61. The molecular formula is C21H34FN3O2. The van der Waals surface area contributed by atoms with Crippen molar-refractivity contribution in [3.8, 4) is 0 Å². The number of carbonyl (C=O) groups is 1. The van der Waals surface area contributed by atoms with Crippen LogP contribution < -0.4 is 0 Å². The van der Waals surface area contributed by atoms with Crippen molar-refractivity contribution < 1.29 is 13.9 Å². The molecule has 1 heterocycles. The van der Waals surface area contributed by atoms with Gasteiger partial charge >= 0.3 is 6.09 Å². The minimum atomic E-state index is -0.479. The monoisotopic (exact) mass is 379 g/mol. The third-order valence-electron chi connectivity index (χ3n) is 4.97. The van der Waals surface area contributed by atoms with Crippen LogP contribution in [0.3, 0.4) is 0 Å². The molecule has 1 amide bonds. The molecule has 0 radical (unpaired) electrons. The second-order valence-corrected chi connectivity index (χ2v) is 8.03. The summed E-state index contributed by atoms with van der Waals surface area (Å²) in [4.78, 5) is 18.6. The minimum absolute atomic E-state index is 0.00859. The lowest BCUT2D eigenvalue weighted by atomic mass is 10.0. The Hall–Kier alpha value is -1.66. The Morgan fingerprint density at radius 3 is 2.26 bits per heavy atom. The summed E-state index contributed by atoms with van der Waals surface area (Å²) in [7, 11) is 0. The Labute approximate surface area is 163 Å². The Balaban J connectivity index is 2.01. The molecule has 1 aromatic carbocycles. The molecule has 0 bridgehead atoms. The normalized spacial score (nSPS) is 17.2. The lowest BCUT2D eigenvalue weighted by Gasteiger charge is -2.39. The summed E-state index contributed by atoms with van der Waals surface area (Å²) in [5, 5.41) is 0. The number of benzene rings is 1. The van der Waals surface area contributed by atoms with Gasteiger partial charge in [-0.05, 0) is 39.9 Å². The van der Waals surface area contributed by atoms with Gasteiger partial charge in [-0.2, -0.15) is 0 Å². The molecule has 1 aromatic rings. The lowest BCUT2D eigenvalue weighted by Crippen LogP contribution is -2.51. The number of likely N-dealkylation sites (N-methyl/N-ethyl adjacent to an activating group) is 1. The molecule has 0 spiro atoms. The van der Waals surface area contributed by atoms with Crippen LogP contribution in [-0.2, 0) is 4.74 Å². The third kappa shape index (κ3) is 6.18. The number of piperazine rings is 1. The maximum absolute atomic E-state index is 14.4. The van der Waals surface area contributed by atoms with Crippen LogP contribution in [-0.4, -0.2) is 72.2 Å². The van der Waals surface area contributed by atoms with E-state index in [4.69, 9.17) is 4.74 Å². The van der Waals surface area contributed by atoms with Gasteiger partial charge in [0.1, 0.15) is 11.4 Å². The van der Waals surface area contributed by atoms with E-state index in [1.54, 1.807) is 11.0 Å². The van der Waals surface area contributed by atoms with E-state index in [0.717, 1.165) is 38.3 Å². The average molecular weight is 380 g/mol. The molecule has 152 valence electrons. The first-order valence-electron chi connectivity index (χ1n) is 9.94. The number of nitrogens with zero attached hydrogens (tertiary/aromatic N) is 3. The molecule has 1 unspecified atom stereocenters. The number of rotatable bonds is 6. The van der Waals surface area contributed by atoms with Gasteiger partial charge in [-0.3, -0.25) is 9.80 Å². The van der Waals surface area contributed by atoms with E-state index in [-0.39, 0.29) is 18.0 Å². The SMILES string of the molecule is CCN(CC)C(CN1CCN(C(=O)OC(C)(C)C)CC1)c1ccccc1F. The zero-order valence-corrected chi connectivity index (χ0v) is 17.4. The Morgan fingerprint density at radius 1 is 1.15 bits per heavy atom. The van der Waals surface area contributed by atoms with Crippen LogP contribution in [0.5, 0.6) is 0 Å². The van der Waals surface area contributed by atoms with Crippen molar-refractivity contribution in [3.05, 3.63) is 35.6 Å². The van der Waals surface area contributed by atoms with Crippen LogP contribution >= 0.6 is 0 Å². The van der Waals surface area contributed by atoms with Gasteiger partial charge < -0.3 is 9.64 Å². The summed E-state index contributed by atoms with van der Waals surface area (Å²) in [6, 6.07) is 7.06. The van der Waals surface area contributed by atoms with E-state index >= 15 is 0 Å². The highest BCUT2D eigenvalue weighted by Gasteiger charge is 2.29. The molecule has 0 aromatic heterocycles. The lowest BCUT2D eigenvalue weighted by molar-refractivity contribution is 0.0119. The molecule has 1 saturated heterocycles. The number of ether oxygens (including phenoxy) is 1. The summed E-state index contributed by atoms with van der Waals surface area (Å²) in [5.41, 5.74) is 0.267. The molecular weight excluding hydrogens is 345 g/mol. The smallest absolute Gasteiger partial charge is 0.410 e. The fourth-order valence-corrected chi connectivity index (χ4v) is 3.50. The highest BCUT2D eigenvalue weighted by Crippen LogP contribution is 2.25. The highest BCUT2D eigenvalue weighted by molar-refractivity contribution is 5.68. The Morgan fingerprint density at radius 2 is 1.74 bits per heavy atom. The zero-order valence-electron chi connectivity index (χ0n) is 17.4. The third-order valence-corrected chi connectivity index (χ3v) is 4.97. The fraction of sp³-hybridized carbons (Fsp3) is 0.667. The van der Waals surface area contributed by atoms with Gasteiger partial charge in [-0.15, -0.1) is 0 Å². The summed E-state index contributed by atoms with van der Waals surface area (Å²) in [6.07, 6.45) is -0.253. The summed E-state index contributed by atoms with van der Waals surface area (Å²) < 4.78 is 19.9. The first-order chi connectivity index (χ1) is 12.7. The van der Waals surface area contributed by atoms with Crippen LogP contribution in [0, 0.1) is 5.82 Å². The van der Waals surface area contributed by atoms with Crippen LogP contribution in [0.25, 0.3) is 0 Å². The summed E-state index contributed by atoms with van der Waals surface area (Å²) >= 11 is 0. The van der Waals surface area contributed by atoms with Crippen LogP contribution in [0.2, 0.25) is 0 Å². The van der Waals surface area contributed by atoms with Crippen LogP contribution in [0.15, 0.2) is 24.3 Å². The minimum Gasteiger partial charge on any atom is -0.444 e. The van der Waals surface area contributed by atoms with Gasteiger partial charge in [-0.1, -0.05) is 32.0 Å². The van der Waals surface area contributed by atoms with Gasteiger partial charge in [0, 0.05) is 38.3 Å². The largest absolute Gasteiger partial charge is 0.444 e. The van der Waals surface area contributed by atoms with Crippen molar-refractivity contribution in [1.29, 1.82) is 0 Å². The highest BCUT2D eigenvalue weighted by atomic mass is 19.1. The van der Waals surface area contributed by atoms with Crippen LogP contribution in [0.4, 0.5) is 9.18 Å². The van der Waals surface area contributed by atoms with E-state index in [9.17, 15) is 9.18 Å². The quantitative estimate of drug-likeness (QED) is 0.754. The summed E-state index contributed by atoms with van der Waals surface area (Å²) in [5.74, 6) is -0.151. The zero-order chi connectivity index (χ0) is 20.0. The number of hydrogen-bond acceptors (Lipinski definition) is 4. The number of halogens is 1. The Bertz CT molecular complexity index is 606. The van der Waals surface area contributed by atoms with Crippen molar-refractivity contribution in [2.45, 2.75) is 46.3 Å². The van der Waals surface area contributed by atoms with Crippen LogP contribution in [0.1, 0.15) is 46.2 Å². The number of hydrogen-bond donors (Lipinski definition) is 0. The first kappa shape index (κ1) is 21.6. The Kier molecular flexibility index (Phi) is 7.62. The maximum Gasteiger partial charge on any atom is 0.410 e. The second kappa shape index (κ2) is 9.51. The van der Waals surface area contributed by atoms with Gasteiger partial charge in [0.25, 0.3) is 0 Å². The first-order valence-corrected chi connectivity index (χ1v) is 9.94. The molecule has 5 nitrogen and oxygen atoms in total. The topological polar surface area (TPSA) is 36.0 Å². The van der Waals surface area contributed by atoms with Crippen molar-refractivity contribution in [3.63, 3.8) is 0 Å². The van der Waals surface area contributed by atoms with Crippen molar-refractivity contribution in [1.82, 2.24) is 14.7 Å². The van der Waals surface area contributed by atoms with Gasteiger partial charge in [-0.25, -0.2) is 9.18 Å². The molecule has 2 rings (SSSR count). The van der Waals surface area contributed by atoms with Crippen molar-refractivity contribution >= 4 is 6.09 Å². The van der Waals surface area contributed by atoms with Gasteiger partial charge in [0.05, 0.1) is 6.04 Å². The van der Waals surface area contributed by atoms with Gasteiger partial charge in [0.2, 0.25) is 0 Å². The summed E-state index contributed by atoms with van der Waals surface area (Å²) in [6.45, 7) is 15.2. The van der Waals surface area contributed by atoms with E-state index in [2.05, 4.69) is 23.6 Å². The molecule has 1 aliphatic heterocycles. The molecule has 6 heteroatoms. The molecule has 0 aliphatic carbocycles. The van der Waals surface area contributed by atoms with E-state index in [1.165, 1.54) is 6.07 Å². The maximum atomic E-state index is 14.4. The molecule has 0 N–H and O–H groups in total. The number of amides is 1. The molecule has 0 saturated carbocycles. The molecule has 1 fully saturated rings. The molecule has 27 heavy (non-hydrogen) atoms. The molecule has 1 aliphatic rings. The number of carbonyl (C=O) groups excluding carboxylic acids is 1. The molecule has 1 atom stereocenters. The fourth-order valence-electron chi connectivity index (χ4n) is 3.50. The van der Waals surface area contributed by atoms with Gasteiger partial charge in [0.15, 0.2) is 0 Å². The van der Waals surface area contributed by atoms with Crippen molar-refractivity contribution in [2.24, 2.45) is 0 Å². The van der Waals surface area contributed by atoms with E-state index in [1.807, 2.05) is 32.9 Å². The predicted molar refractivity (Wildman–Crippen MR) is 106 cm³/mol. The van der Waals surface area contributed by atoms with E-state index in [0.29, 0.717) is 13.1 Å². The second-order valence-electron chi connectivity index (χ2n) is 8.03. The van der Waals surface area contributed by atoms with E-state index < -0.39 is 5.60 Å². The predicted octanol–water partition coefficient (Wildman–Crippen LogP) is 3.76.